The second kappa shape index (κ2) is 8.42. The molecule has 1 aliphatic heterocycles. The van der Waals surface area contributed by atoms with E-state index in [2.05, 4.69) is 10.6 Å². The molecule has 0 atom stereocenters. The molecule has 2 aromatic carbocycles. The first kappa shape index (κ1) is 19.9. The van der Waals surface area contributed by atoms with Crippen molar-refractivity contribution in [3.63, 3.8) is 0 Å². The zero-order chi connectivity index (χ0) is 21.0. The first-order valence-corrected chi connectivity index (χ1v) is 8.78. The number of carbonyl (C=O) groups is 4. The van der Waals surface area contributed by atoms with Gasteiger partial charge < -0.3 is 25.4 Å². The molecule has 150 valence electrons. The third kappa shape index (κ3) is 5.10. The Morgan fingerprint density at radius 2 is 1.86 bits per heavy atom. The lowest BCUT2D eigenvalue weighted by molar-refractivity contribution is -0.136. The third-order valence-electron chi connectivity index (χ3n) is 4.16. The van der Waals surface area contributed by atoms with Crippen LogP contribution in [0, 0.1) is 6.92 Å². The number of nitrogens with one attached hydrogen (secondary N) is 2. The van der Waals surface area contributed by atoms with Crippen molar-refractivity contribution in [2.24, 2.45) is 0 Å². The van der Waals surface area contributed by atoms with Crippen LogP contribution in [0.15, 0.2) is 42.5 Å². The van der Waals surface area contributed by atoms with Crippen molar-refractivity contribution in [1.82, 2.24) is 5.32 Å². The molecule has 3 N–H and O–H groups in total. The molecule has 1 heterocycles. The molecule has 0 saturated heterocycles. The van der Waals surface area contributed by atoms with Crippen molar-refractivity contribution in [2.75, 3.05) is 29.9 Å². The molecule has 0 aromatic heterocycles. The Balaban J connectivity index is 1.63. The van der Waals surface area contributed by atoms with Crippen LogP contribution in [-0.2, 0) is 14.4 Å². The van der Waals surface area contributed by atoms with E-state index in [4.69, 9.17) is 9.84 Å². The highest BCUT2D eigenvalue weighted by Gasteiger charge is 2.25. The van der Waals surface area contributed by atoms with Crippen LogP contribution in [0.3, 0.4) is 0 Å². The Morgan fingerprint density at radius 1 is 1.14 bits per heavy atom. The number of amides is 2. The summed E-state index contributed by atoms with van der Waals surface area (Å²) in [6.45, 7) is 1.35. The zero-order valence-electron chi connectivity index (χ0n) is 15.6. The minimum atomic E-state index is -1.14. The SMILES string of the molecule is Cc1ccc2c(c1)N(CC(=O)Nc1ccc(C(=O)NCC(=O)O)cc1)CC(=O)O2. The van der Waals surface area contributed by atoms with Gasteiger partial charge in [0.15, 0.2) is 5.75 Å². The van der Waals surface area contributed by atoms with Crippen molar-refractivity contribution in [3.05, 3.63) is 53.6 Å². The smallest absolute Gasteiger partial charge is 0.331 e. The fourth-order valence-corrected chi connectivity index (χ4v) is 2.83. The van der Waals surface area contributed by atoms with E-state index in [1.54, 1.807) is 11.0 Å². The second-order valence-corrected chi connectivity index (χ2v) is 6.50. The summed E-state index contributed by atoms with van der Waals surface area (Å²) < 4.78 is 5.20. The molecule has 9 heteroatoms. The van der Waals surface area contributed by atoms with Crippen molar-refractivity contribution in [3.8, 4) is 5.75 Å². The summed E-state index contributed by atoms with van der Waals surface area (Å²) in [5, 5.41) is 13.5. The van der Waals surface area contributed by atoms with Crippen molar-refractivity contribution in [1.29, 1.82) is 0 Å². The van der Waals surface area contributed by atoms with Crippen LogP contribution < -0.4 is 20.3 Å². The Kier molecular flexibility index (Phi) is 5.77. The van der Waals surface area contributed by atoms with Gasteiger partial charge in [-0.2, -0.15) is 0 Å². The Morgan fingerprint density at radius 3 is 2.55 bits per heavy atom. The van der Waals surface area contributed by atoms with Gasteiger partial charge in [-0.25, -0.2) is 4.79 Å². The molecular weight excluding hydrogens is 378 g/mol. The average Bonchev–Trinajstić information content (AvgIpc) is 2.67. The summed E-state index contributed by atoms with van der Waals surface area (Å²) in [5.41, 5.74) is 2.38. The molecule has 1 aliphatic rings. The molecule has 9 nitrogen and oxygen atoms in total. The van der Waals surface area contributed by atoms with Gasteiger partial charge >= 0.3 is 11.9 Å². The van der Waals surface area contributed by atoms with Gasteiger partial charge in [-0.15, -0.1) is 0 Å². The maximum absolute atomic E-state index is 12.4. The molecule has 0 radical (unpaired) electrons. The second-order valence-electron chi connectivity index (χ2n) is 6.50. The summed E-state index contributed by atoms with van der Waals surface area (Å²) in [6, 6.07) is 11.4. The highest BCUT2D eigenvalue weighted by molar-refractivity contribution is 5.98. The highest BCUT2D eigenvalue weighted by Crippen LogP contribution is 2.32. The maximum Gasteiger partial charge on any atom is 0.331 e. The number of anilines is 2. The van der Waals surface area contributed by atoms with Crippen LogP contribution in [0.5, 0.6) is 5.75 Å². The Bertz CT molecular complexity index is 971. The molecule has 0 bridgehead atoms. The van der Waals surface area contributed by atoms with Crippen LogP contribution in [0.1, 0.15) is 15.9 Å². The quantitative estimate of drug-likeness (QED) is 0.494. The summed E-state index contributed by atoms with van der Waals surface area (Å²) in [7, 11) is 0. The number of hydrogen-bond acceptors (Lipinski definition) is 6. The number of aliphatic carboxylic acids is 1. The predicted octanol–water partition coefficient (Wildman–Crippen LogP) is 1.17. The number of fused-ring (bicyclic) bond motifs is 1. The number of carboxylic acids is 1. The van der Waals surface area contributed by atoms with Gasteiger partial charge in [0.1, 0.15) is 13.1 Å². The lowest BCUT2D eigenvalue weighted by Crippen LogP contribution is -2.41. The fourth-order valence-electron chi connectivity index (χ4n) is 2.83. The molecule has 0 spiro atoms. The first-order chi connectivity index (χ1) is 13.8. The minimum absolute atomic E-state index is 0.0352. The van der Waals surface area contributed by atoms with Crippen LogP contribution in [0.25, 0.3) is 0 Å². The number of benzene rings is 2. The third-order valence-corrected chi connectivity index (χ3v) is 4.16. The van der Waals surface area contributed by atoms with Gasteiger partial charge in [0.2, 0.25) is 5.91 Å². The van der Waals surface area contributed by atoms with E-state index in [0.717, 1.165) is 5.56 Å². The molecule has 0 aliphatic carbocycles. The Hall–Kier alpha value is -3.88. The van der Waals surface area contributed by atoms with E-state index in [-0.39, 0.29) is 24.6 Å². The number of hydrogen-bond donors (Lipinski definition) is 3. The fraction of sp³-hybridized carbons (Fsp3) is 0.200. The highest BCUT2D eigenvalue weighted by atomic mass is 16.5. The lowest BCUT2D eigenvalue weighted by Gasteiger charge is -2.29. The minimum Gasteiger partial charge on any atom is -0.480 e. The topological polar surface area (TPSA) is 125 Å². The lowest BCUT2D eigenvalue weighted by atomic mass is 10.1. The molecule has 3 rings (SSSR count). The van der Waals surface area contributed by atoms with Crippen molar-refractivity contribution >= 4 is 35.1 Å². The number of ether oxygens (including phenoxy) is 1. The number of nitrogens with zero attached hydrogens (tertiary/aromatic N) is 1. The molecule has 0 saturated carbocycles. The van der Waals surface area contributed by atoms with E-state index >= 15 is 0 Å². The van der Waals surface area contributed by atoms with Gasteiger partial charge in [-0.3, -0.25) is 14.4 Å². The van der Waals surface area contributed by atoms with Crippen LogP contribution >= 0.6 is 0 Å². The predicted molar refractivity (Wildman–Crippen MR) is 104 cm³/mol. The van der Waals surface area contributed by atoms with Crippen LogP contribution in [0.4, 0.5) is 11.4 Å². The number of rotatable bonds is 6. The standard InChI is InChI=1S/C20H19N3O6/c1-12-2-7-16-15(8-12)23(11-19(27)29-16)10-17(24)22-14-5-3-13(4-6-14)20(28)21-9-18(25)26/h2-8H,9-11H2,1H3,(H,21,28)(H,22,24)(H,25,26). The summed E-state index contributed by atoms with van der Waals surface area (Å²) in [6.07, 6.45) is 0. The van der Waals surface area contributed by atoms with Gasteiger partial charge in [-0.1, -0.05) is 6.07 Å². The van der Waals surface area contributed by atoms with Crippen LogP contribution in [0.2, 0.25) is 0 Å². The number of carbonyl (C=O) groups excluding carboxylic acids is 3. The molecule has 2 aromatic rings. The molecular formula is C20H19N3O6. The van der Waals surface area contributed by atoms with Crippen molar-refractivity contribution in [2.45, 2.75) is 6.92 Å². The van der Waals surface area contributed by atoms with Gasteiger partial charge in [-0.05, 0) is 48.9 Å². The molecule has 2 amide bonds. The van der Waals surface area contributed by atoms with Crippen molar-refractivity contribution < 1.29 is 29.0 Å². The van der Waals surface area contributed by atoms with E-state index in [0.29, 0.717) is 17.1 Å². The average molecular weight is 397 g/mol. The summed E-state index contributed by atoms with van der Waals surface area (Å²) in [5.74, 6) is -2.03. The number of carboxylic acid groups (broad SMARTS) is 1. The van der Waals surface area contributed by atoms with Gasteiger partial charge in [0.05, 0.1) is 12.2 Å². The van der Waals surface area contributed by atoms with E-state index in [9.17, 15) is 19.2 Å². The van der Waals surface area contributed by atoms with E-state index in [1.165, 1.54) is 24.3 Å². The first-order valence-electron chi connectivity index (χ1n) is 8.78. The summed E-state index contributed by atoms with van der Waals surface area (Å²) >= 11 is 0. The molecule has 0 fully saturated rings. The summed E-state index contributed by atoms with van der Waals surface area (Å²) in [4.78, 5) is 48.2. The number of aryl methyl sites for hydroxylation is 1. The number of esters is 1. The van der Waals surface area contributed by atoms with Gasteiger partial charge in [0, 0.05) is 11.3 Å². The maximum atomic E-state index is 12.4. The molecule has 0 unspecified atom stereocenters. The largest absolute Gasteiger partial charge is 0.480 e. The Labute approximate surface area is 166 Å². The van der Waals surface area contributed by atoms with E-state index < -0.39 is 24.4 Å². The molecule has 29 heavy (non-hydrogen) atoms. The normalized spacial score (nSPS) is 12.6. The van der Waals surface area contributed by atoms with Crippen LogP contribution in [-0.4, -0.2) is 48.5 Å². The van der Waals surface area contributed by atoms with E-state index in [1.807, 2.05) is 19.1 Å². The zero-order valence-corrected chi connectivity index (χ0v) is 15.6. The van der Waals surface area contributed by atoms with Gasteiger partial charge in [0.25, 0.3) is 5.91 Å². The monoisotopic (exact) mass is 397 g/mol.